The highest BCUT2D eigenvalue weighted by molar-refractivity contribution is 7.90. The van der Waals surface area contributed by atoms with E-state index in [1.165, 1.54) is 19.3 Å². The number of nitrogens with zero attached hydrogens (tertiary/aromatic N) is 1. The first-order chi connectivity index (χ1) is 8.33. The van der Waals surface area contributed by atoms with Gasteiger partial charge >= 0.3 is 0 Å². The molecule has 1 aliphatic rings. The lowest BCUT2D eigenvalue weighted by Crippen LogP contribution is -2.46. The van der Waals surface area contributed by atoms with E-state index in [2.05, 4.69) is 0 Å². The van der Waals surface area contributed by atoms with Crippen LogP contribution in [-0.2, 0) is 14.6 Å². The monoisotopic (exact) mass is 276 g/mol. The molecule has 0 heterocycles. The van der Waals surface area contributed by atoms with Gasteiger partial charge < -0.3 is 10.6 Å². The van der Waals surface area contributed by atoms with E-state index >= 15 is 0 Å². The van der Waals surface area contributed by atoms with Crippen LogP contribution in [0, 0.1) is 5.92 Å². The Kier molecular flexibility index (Phi) is 5.59. The molecule has 0 aromatic carbocycles. The summed E-state index contributed by atoms with van der Waals surface area (Å²) in [6.07, 6.45) is 4.98. The van der Waals surface area contributed by atoms with Gasteiger partial charge in [-0.2, -0.15) is 0 Å². The van der Waals surface area contributed by atoms with Crippen LogP contribution in [0.25, 0.3) is 0 Å². The number of rotatable bonds is 7. The van der Waals surface area contributed by atoms with Crippen molar-refractivity contribution in [1.82, 2.24) is 4.90 Å². The van der Waals surface area contributed by atoms with Crippen LogP contribution in [-0.4, -0.2) is 50.4 Å². The van der Waals surface area contributed by atoms with Crippen molar-refractivity contribution in [2.75, 3.05) is 25.1 Å². The number of likely N-dealkylation sites (N-methyl/N-ethyl adjacent to an activating group) is 1. The maximum absolute atomic E-state index is 12.1. The molecule has 0 saturated heterocycles. The number of hydrogen-bond donors (Lipinski definition) is 1. The lowest BCUT2D eigenvalue weighted by molar-refractivity contribution is -0.133. The molecule has 18 heavy (non-hydrogen) atoms. The molecule has 1 saturated carbocycles. The summed E-state index contributed by atoms with van der Waals surface area (Å²) in [7, 11) is -3.05. The van der Waals surface area contributed by atoms with Crippen LogP contribution in [0.15, 0.2) is 0 Å². The van der Waals surface area contributed by atoms with E-state index in [9.17, 15) is 13.2 Å². The first-order valence-corrected chi connectivity index (χ1v) is 8.61. The Balaban J connectivity index is 2.43. The number of sulfone groups is 1. The van der Waals surface area contributed by atoms with Crippen LogP contribution in [0.4, 0.5) is 0 Å². The zero-order chi connectivity index (χ0) is 13.8. The zero-order valence-corrected chi connectivity index (χ0v) is 12.1. The molecule has 6 heteroatoms. The molecule has 0 aliphatic heterocycles. The fraction of sp³-hybridized carbons (Fsp3) is 0.917. The number of hydrogen-bond acceptors (Lipinski definition) is 4. The van der Waals surface area contributed by atoms with Gasteiger partial charge in [0.05, 0.1) is 11.8 Å². The van der Waals surface area contributed by atoms with Crippen LogP contribution in [0.2, 0.25) is 0 Å². The molecule has 1 rings (SSSR count). The average molecular weight is 276 g/mol. The molecule has 0 bridgehead atoms. The Morgan fingerprint density at radius 1 is 1.44 bits per heavy atom. The van der Waals surface area contributed by atoms with E-state index < -0.39 is 15.9 Å². The molecule has 106 valence electrons. The summed E-state index contributed by atoms with van der Waals surface area (Å²) in [6, 6.07) is -0.695. The van der Waals surface area contributed by atoms with Crippen molar-refractivity contribution < 1.29 is 13.2 Å². The zero-order valence-electron chi connectivity index (χ0n) is 11.3. The molecule has 5 nitrogen and oxygen atoms in total. The number of amides is 1. The quantitative estimate of drug-likeness (QED) is 0.729. The predicted molar refractivity (Wildman–Crippen MR) is 71.9 cm³/mol. The highest BCUT2D eigenvalue weighted by atomic mass is 32.2. The standard InChI is InChI=1S/C12H24N2O3S/c1-3-14(9-10-5-4-6-10)12(15)11(13)7-8-18(2,16)17/h10-11H,3-9,13H2,1-2H3. The molecule has 1 fully saturated rings. The Labute approximate surface area is 110 Å². The van der Waals surface area contributed by atoms with Crippen LogP contribution >= 0.6 is 0 Å². The SMILES string of the molecule is CCN(CC1CCC1)C(=O)C(N)CCS(C)(=O)=O. The van der Waals surface area contributed by atoms with E-state index in [-0.39, 0.29) is 18.1 Å². The maximum Gasteiger partial charge on any atom is 0.239 e. The van der Waals surface area contributed by atoms with E-state index in [0.29, 0.717) is 12.5 Å². The number of carbonyl (C=O) groups is 1. The minimum Gasteiger partial charge on any atom is -0.341 e. The molecule has 0 spiro atoms. The lowest BCUT2D eigenvalue weighted by Gasteiger charge is -2.33. The van der Waals surface area contributed by atoms with Gasteiger partial charge in [0, 0.05) is 19.3 Å². The van der Waals surface area contributed by atoms with Crippen molar-refractivity contribution in [3.63, 3.8) is 0 Å². The molecule has 1 aliphatic carbocycles. The Morgan fingerprint density at radius 2 is 2.06 bits per heavy atom. The van der Waals surface area contributed by atoms with Crippen molar-refractivity contribution in [2.24, 2.45) is 11.7 Å². The van der Waals surface area contributed by atoms with Crippen molar-refractivity contribution in [3.8, 4) is 0 Å². The summed E-state index contributed by atoms with van der Waals surface area (Å²) in [4.78, 5) is 13.8. The summed E-state index contributed by atoms with van der Waals surface area (Å²) in [5.41, 5.74) is 5.78. The Bertz CT molecular complexity index is 377. The number of carbonyl (C=O) groups excluding carboxylic acids is 1. The van der Waals surface area contributed by atoms with E-state index in [1.54, 1.807) is 4.90 Å². The van der Waals surface area contributed by atoms with Crippen molar-refractivity contribution in [3.05, 3.63) is 0 Å². The highest BCUT2D eigenvalue weighted by Crippen LogP contribution is 2.27. The van der Waals surface area contributed by atoms with Crippen LogP contribution in [0.1, 0.15) is 32.6 Å². The van der Waals surface area contributed by atoms with Gasteiger partial charge in [-0.3, -0.25) is 4.79 Å². The van der Waals surface area contributed by atoms with E-state index in [0.717, 1.165) is 12.8 Å². The summed E-state index contributed by atoms with van der Waals surface area (Å²) < 4.78 is 22.1. The minimum atomic E-state index is -3.05. The molecule has 0 aromatic heterocycles. The van der Waals surface area contributed by atoms with Crippen LogP contribution < -0.4 is 5.73 Å². The molecule has 0 radical (unpaired) electrons. The Morgan fingerprint density at radius 3 is 2.44 bits per heavy atom. The average Bonchev–Trinajstić information content (AvgIpc) is 2.23. The topological polar surface area (TPSA) is 80.5 Å². The maximum atomic E-state index is 12.1. The van der Waals surface area contributed by atoms with Crippen molar-refractivity contribution >= 4 is 15.7 Å². The third kappa shape index (κ3) is 4.94. The summed E-state index contributed by atoms with van der Waals surface area (Å²) in [5.74, 6) is 0.463. The molecule has 1 atom stereocenters. The van der Waals surface area contributed by atoms with Gasteiger partial charge in [-0.05, 0) is 32.1 Å². The van der Waals surface area contributed by atoms with Crippen molar-refractivity contribution in [1.29, 1.82) is 0 Å². The second-order valence-corrected chi connectivity index (χ2v) is 7.46. The summed E-state index contributed by atoms with van der Waals surface area (Å²) >= 11 is 0. The summed E-state index contributed by atoms with van der Waals surface area (Å²) in [5, 5.41) is 0. The fourth-order valence-corrected chi connectivity index (χ4v) is 2.74. The van der Waals surface area contributed by atoms with Gasteiger partial charge in [-0.25, -0.2) is 8.42 Å². The van der Waals surface area contributed by atoms with E-state index in [1.807, 2.05) is 6.92 Å². The second kappa shape index (κ2) is 6.52. The molecule has 1 unspecified atom stereocenters. The number of nitrogens with two attached hydrogens (primary N) is 1. The van der Waals surface area contributed by atoms with Gasteiger partial charge in [-0.1, -0.05) is 6.42 Å². The molecular weight excluding hydrogens is 252 g/mol. The van der Waals surface area contributed by atoms with Crippen LogP contribution in [0.5, 0.6) is 0 Å². The molecule has 2 N–H and O–H groups in total. The third-order valence-corrected chi connectivity index (χ3v) is 4.49. The largest absolute Gasteiger partial charge is 0.341 e. The predicted octanol–water partition coefficient (Wildman–Crippen LogP) is 0.397. The van der Waals surface area contributed by atoms with Crippen LogP contribution in [0.3, 0.4) is 0 Å². The van der Waals surface area contributed by atoms with Gasteiger partial charge in [0.25, 0.3) is 0 Å². The molecule has 1 amide bonds. The van der Waals surface area contributed by atoms with Gasteiger partial charge in [0.15, 0.2) is 0 Å². The summed E-state index contributed by atoms with van der Waals surface area (Å²) in [6.45, 7) is 3.34. The first kappa shape index (κ1) is 15.4. The second-order valence-electron chi connectivity index (χ2n) is 5.20. The van der Waals surface area contributed by atoms with Gasteiger partial charge in [0.1, 0.15) is 9.84 Å². The van der Waals surface area contributed by atoms with Gasteiger partial charge in [-0.15, -0.1) is 0 Å². The smallest absolute Gasteiger partial charge is 0.239 e. The fourth-order valence-electron chi connectivity index (χ4n) is 2.06. The molecular formula is C12H24N2O3S. The highest BCUT2D eigenvalue weighted by Gasteiger charge is 2.26. The minimum absolute atomic E-state index is 0.0269. The lowest BCUT2D eigenvalue weighted by atomic mass is 9.85. The Hall–Kier alpha value is -0.620. The van der Waals surface area contributed by atoms with Gasteiger partial charge in [0.2, 0.25) is 5.91 Å². The third-order valence-electron chi connectivity index (χ3n) is 3.51. The molecule has 0 aromatic rings. The first-order valence-electron chi connectivity index (χ1n) is 6.55. The van der Waals surface area contributed by atoms with Crippen molar-refractivity contribution in [2.45, 2.75) is 38.6 Å². The van der Waals surface area contributed by atoms with E-state index in [4.69, 9.17) is 5.73 Å². The normalized spacial score (nSPS) is 18.2.